The number of primary amides is 1. The van der Waals surface area contributed by atoms with E-state index in [-0.39, 0.29) is 18.3 Å². The van der Waals surface area contributed by atoms with Crippen LogP contribution < -0.4 is 20.5 Å². The molecule has 0 spiro atoms. The van der Waals surface area contributed by atoms with Crippen LogP contribution in [0.4, 0.5) is 5.69 Å². The number of rotatable bonds is 8. The summed E-state index contributed by atoms with van der Waals surface area (Å²) < 4.78 is 12.5. The van der Waals surface area contributed by atoms with E-state index in [2.05, 4.69) is 15.5 Å². The number of H-pyrrole nitrogens is 1. The first-order chi connectivity index (χ1) is 13.9. The van der Waals surface area contributed by atoms with E-state index in [0.717, 1.165) is 4.88 Å². The number of hydrogen-bond donors (Lipinski definition) is 3. The van der Waals surface area contributed by atoms with Gasteiger partial charge in [-0.15, -0.1) is 11.3 Å². The molecule has 0 aliphatic rings. The lowest BCUT2D eigenvalue weighted by Gasteiger charge is -2.16. The highest BCUT2D eigenvalue weighted by atomic mass is 32.1. The second kappa shape index (κ2) is 8.88. The van der Waals surface area contributed by atoms with Gasteiger partial charge in [-0.05, 0) is 42.7 Å². The number of carbonyl (C=O) groups is 2. The van der Waals surface area contributed by atoms with Crippen molar-refractivity contribution in [3.8, 4) is 22.2 Å². The molecule has 1 unspecified atom stereocenters. The van der Waals surface area contributed by atoms with Gasteiger partial charge >= 0.3 is 0 Å². The smallest absolute Gasteiger partial charge is 0.255 e. The van der Waals surface area contributed by atoms with Crippen molar-refractivity contribution in [2.75, 3.05) is 19.0 Å². The Morgan fingerprint density at radius 1 is 1.38 bits per heavy atom. The molecule has 152 valence electrons. The first kappa shape index (κ1) is 20.6. The summed E-state index contributed by atoms with van der Waals surface area (Å²) in [4.78, 5) is 24.7. The molecule has 2 aromatic heterocycles. The van der Waals surface area contributed by atoms with E-state index in [1.807, 2.05) is 17.5 Å². The summed E-state index contributed by atoms with van der Waals surface area (Å²) in [5.41, 5.74) is 5.59. The molecule has 4 N–H and O–H groups in total. The number of nitrogens with two attached hydrogens (primary N) is 1. The highest BCUT2D eigenvalue weighted by Gasteiger charge is 2.22. The summed E-state index contributed by atoms with van der Waals surface area (Å²) in [6, 6.07) is 8.02. The number of benzene rings is 1. The fraction of sp³-hybridized carbons (Fsp3) is 0.222. The zero-order valence-electron chi connectivity index (χ0n) is 15.7. The number of nitrogens with zero attached hydrogens (tertiary/aromatic N) is 2. The number of ether oxygens (including phenoxy) is 2. The van der Waals surface area contributed by atoms with Gasteiger partial charge in [-0.1, -0.05) is 6.07 Å². The molecule has 1 atom stereocenters. The van der Waals surface area contributed by atoms with Gasteiger partial charge < -0.3 is 20.5 Å². The first-order valence-corrected chi connectivity index (χ1v) is 9.80. The van der Waals surface area contributed by atoms with Crippen molar-refractivity contribution in [1.29, 1.82) is 0 Å². The maximum Gasteiger partial charge on any atom is 0.255 e. The van der Waals surface area contributed by atoms with Gasteiger partial charge in [-0.2, -0.15) is 5.10 Å². The molecule has 0 aliphatic carbocycles. The number of thiophene rings is 1. The molecule has 2 amide bonds. The molecule has 0 saturated carbocycles. The molecule has 0 fully saturated rings. The van der Waals surface area contributed by atoms with Crippen molar-refractivity contribution >= 4 is 41.1 Å². The number of aromatic amines is 1. The van der Waals surface area contributed by atoms with E-state index >= 15 is 0 Å². The van der Waals surface area contributed by atoms with Crippen LogP contribution in [-0.2, 0) is 9.59 Å². The number of hydrogen-bond acceptors (Lipinski definition) is 7. The maximum atomic E-state index is 12.9. The Hall–Kier alpha value is -3.18. The molecular weight excluding hydrogens is 414 g/mol. The molecule has 0 radical (unpaired) electrons. The number of anilines is 1. The van der Waals surface area contributed by atoms with Crippen molar-refractivity contribution < 1.29 is 19.1 Å². The van der Waals surface area contributed by atoms with E-state index in [1.165, 1.54) is 18.4 Å². The Labute approximate surface area is 175 Å². The molecule has 0 bridgehead atoms. The largest absolute Gasteiger partial charge is 0.493 e. The third-order valence-corrected chi connectivity index (χ3v) is 5.17. The molecule has 3 aromatic rings. The van der Waals surface area contributed by atoms with Crippen LogP contribution in [0.2, 0.25) is 0 Å². The van der Waals surface area contributed by atoms with Crippen molar-refractivity contribution in [2.45, 2.75) is 13.0 Å². The van der Waals surface area contributed by atoms with Crippen LogP contribution in [0.15, 0.2) is 35.7 Å². The second-order valence-corrected chi connectivity index (χ2v) is 7.32. The number of aromatic nitrogens is 3. The minimum atomic E-state index is -0.629. The Balaban J connectivity index is 1.82. The summed E-state index contributed by atoms with van der Waals surface area (Å²) in [6.45, 7) is 1.42. The Bertz CT molecular complexity index is 1070. The van der Waals surface area contributed by atoms with Crippen LogP contribution in [0, 0.1) is 4.77 Å². The van der Waals surface area contributed by atoms with Gasteiger partial charge in [-0.3, -0.25) is 19.3 Å². The lowest BCUT2D eigenvalue weighted by atomic mass is 10.2. The van der Waals surface area contributed by atoms with Gasteiger partial charge in [-0.25, -0.2) is 0 Å². The maximum absolute atomic E-state index is 12.9. The minimum absolute atomic E-state index is 0.288. The van der Waals surface area contributed by atoms with Crippen LogP contribution >= 0.6 is 23.6 Å². The molecule has 3 rings (SSSR count). The Morgan fingerprint density at radius 2 is 2.17 bits per heavy atom. The average Bonchev–Trinajstić information content (AvgIpc) is 3.35. The minimum Gasteiger partial charge on any atom is -0.493 e. The predicted octanol–water partition coefficient (Wildman–Crippen LogP) is 2.74. The monoisotopic (exact) mass is 433 g/mol. The molecule has 11 heteroatoms. The van der Waals surface area contributed by atoms with Crippen molar-refractivity contribution in [1.82, 2.24) is 14.8 Å². The molecule has 0 aliphatic heterocycles. The fourth-order valence-corrected chi connectivity index (χ4v) is 3.62. The van der Waals surface area contributed by atoms with Gasteiger partial charge in [0.05, 0.1) is 12.0 Å². The summed E-state index contributed by atoms with van der Waals surface area (Å²) >= 11 is 6.81. The molecular formula is C18H19N5O4S2. The van der Waals surface area contributed by atoms with E-state index in [0.29, 0.717) is 22.0 Å². The standard InChI is InChI=1S/C18H19N5O4S2/c1-10(23-16(21-22-18(23)28)14-4-3-7-29-14)17(25)20-11-5-6-12(26-2)13(8-11)27-9-15(19)24/h3-8,10H,9H2,1-2H3,(H2,19,24)(H,20,25)(H,22,28). The Kier molecular flexibility index (Phi) is 6.29. The van der Waals surface area contributed by atoms with Crippen molar-refractivity contribution in [2.24, 2.45) is 5.73 Å². The van der Waals surface area contributed by atoms with Crippen LogP contribution in [0.25, 0.3) is 10.7 Å². The van der Waals surface area contributed by atoms with E-state index in [1.54, 1.807) is 29.7 Å². The normalized spacial score (nSPS) is 11.7. The lowest BCUT2D eigenvalue weighted by molar-refractivity contribution is -0.120. The summed E-state index contributed by atoms with van der Waals surface area (Å²) in [7, 11) is 1.47. The van der Waals surface area contributed by atoms with Crippen LogP contribution in [-0.4, -0.2) is 40.3 Å². The third-order valence-electron chi connectivity index (χ3n) is 4.01. The first-order valence-electron chi connectivity index (χ1n) is 8.51. The quantitative estimate of drug-likeness (QED) is 0.469. The summed E-state index contributed by atoms with van der Waals surface area (Å²) in [5.74, 6) is 0.370. The van der Waals surface area contributed by atoms with Gasteiger partial charge in [0, 0.05) is 11.8 Å². The van der Waals surface area contributed by atoms with E-state index in [9.17, 15) is 9.59 Å². The SMILES string of the molecule is COc1ccc(NC(=O)C(C)n2c(-c3cccs3)n[nH]c2=S)cc1OCC(N)=O. The zero-order valence-corrected chi connectivity index (χ0v) is 17.3. The molecule has 29 heavy (non-hydrogen) atoms. The van der Waals surface area contributed by atoms with Gasteiger partial charge in [0.15, 0.2) is 28.7 Å². The molecule has 2 heterocycles. The molecule has 0 saturated heterocycles. The fourth-order valence-electron chi connectivity index (χ4n) is 2.62. The summed E-state index contributed by atoms with van der Waals surface area (Å²) in [5, 5.41) is 11.7. The number of nitrogens with one attached hydrogen (secondary N) is 2. The number of amides is 2. The lowest BCUT2D eigenvalue weighted by Crippen LogP contribution is -2.24. The number of carbonyl (C=O) groups excluding carboxylic acids is 2. The van der Waals surface area contributed by atoms with Crippen LogP contribution in [0.5, 0.6) is 11.5 Å². The van der Waals surface area contributed by atoms with Gasteiger partial charge in [0.1, 0.15) is 6.04 Å². The van der Waals surface area contributed by atoms with Crippen LogP contribution in [0.3, 0.4) is 0 Å². The van der Waals surface area contributed by atoms with E-state index in [4.69, 9.17) is 27.4 Å². The van der Waals surface area contributed by atoms with Crippen LogP contribution in [0.1, 0.15) is 13.0 Å². The van der Waals surface area contributed by atoms with Gasteiger partial charge in [0.25, 0.3) is 5.91 Å². The predicted molar refractivity (Wildman–Crippen MR) is 112 cm³/mol. The third kappa shape index (κ3) is 4.63. The van der Waals surface area contributed by atoms with Crippen molar-refractivity contribution in [3.05, 3.63) is 40.5 Å². The zero-order chi connectivity index (χ0) is 21.0. The molecule has 1 aromatic carbocycles. The van der Waals surface area contributed by atoms with E-state index < -0.39 is 11.9 Å². The Morgan fingerprint density at radius 3 is 2.83 bits per heavy atom. The number of methoxy groups -OCH3 is 1. The summed E-state index contributed by atoms with van der Waals surface area (Å²) in [6.07, 6.45) is 0. The molecule has 9 nitrogen and oxygen atoms in total. The highest BCUT2D eigenvalue weighted by Crippen LogP contribution is 2.31. The second-order valence-electron chi connectivity index (χ2n) is 5.99. The average molecular weight is 434 g/mol. The van der Waals surface area contributed by atoms with Crippen molar-refractivity contribution in [3.63, 3.8) is 0 Å². The highest BCUT2D eigenvalue weighted by molar-refractivity contribution is 7.71. The topological polar surface area (TPSA) is 124 Å². The van der Waals surface area contributed by atoms with Gasteiger partial charge in [0.2, 0.25) is 5.91 Å².